The van der Waals surface area contributed by atoms with E-state index in [2.05, 4.69) is 19.4 Å². The van der Waals surface area contributed by atoms with E-state index < -0.39 is 11.8 Å². The van der Waals surface area contributed by atoms with E-state index in [-0.39, 0.29) is 18.5 Å². The number of aromatic amines is 1. The van der Waals surface area contributed by atoms with E-state index in [1.807, 2.05) is 24.3 Å². The van der Waals surface area contributed by atoms with Gasteiger partial charge in [0.1, 0.15) is 24.0 Å². The largest absolute Gasteiger partial charge is 0.488 e. The number of carbonyl (C=O) groups excluding carboxylic acids is 1. The van der Waals surface area contributed by atoms with E-state index in [1.165, 1.54) is 24.3 Å². The van der Waals surface area contributed by atoms with E-state index in [0.717, 1.165) is 53.9 Å². The molecule has 2 saturated heterocycles. The van der Waals surface area contributed by atoms with Crippen molar-refractivity contribution in [3.8, 4) is 5.75 Å². The average molecular weight is 544 g/mol. The minimum atomic E-state index is -0.771. The molecule has 10 heteroatoms. The fourth-order valence-corrected chi connectivity index (χ4v) is 6.20. The number of morpholine rings is 1. The number of imidazole rings is 1. The van der Waals surface area contributed by atoms with Gasteiger partial charge in [-0.05, 0) is 65.6 Å². The molecule has 3 aliphatic rings. The zero-order valence-electron chi connectivity index (χ0n) is 21.6. The molecule has 3 N–H and O–H groups in total. The molecule has 4 aromatic rings. The van der Waals surface area contributed by atoms with Crippen LogP contribution in [0, 0.1) is 11.6 Å². The Labute approximate surface area is 228 Å². The molecule has 0 radical (unpaired) electrons. The number of amides is 2. The first-order chi connectivity index (χ1) is 19.4. The minimum absolute atomic E-state index is 0.102. The Kier molecular flexibility index (Phi) is 6.01. The first kappa shape index (κ1) is 24.7. The zero-order valence-corrected chi connectivity index (χ0v) is 21.6. The van der Waals surface area contributed by atoms with E-state index in [1.54, 1.807) is 12.1 Å². The number of H-pyrrole nitrogens is 1. The Balaban J connectivity index is 1.36. The molecule has 2 amide bonds. The molecule has 0 spiro atoms. The van der Waals surface area contributed by atoms with Gasteiger partial charge >= 0.3 is 6.03 Å². The lowest BCUT2D eigenvalue weighted by Crippen LogP contribution is -2.40. The number of hydrogen-bond acceptors (Lipinski definition) is 4. The van der Waals surface area contributed by atoms with Crippen molar-refractivity contribution in [2.45, 2.75) is 25.1 Å². The van der Waals surface area contributed by atoms with Gasteiger partial charge in [0.15, 0.2) is 0 Å². The standard InChI is InChI=1S/C30H27F2N5O3/c31-19-2-4-23-18(11-19)15-40-28-12-20(32)3-5-24(28)25(23)9-17-1-6-27-26(10-17)34-30(35-29(33)38)37(27)21-13-22-16-39-8-7-36(22)14-21/h1-6,9-12,21-22H,7-8,13-16H2,(H3,33,34,35,38)/b25-9+/t21-,22+/m0/s1. The number of benzene rings is 3. The third-order valence-corrected chi connectivity index (χ3v) is 7.96. The van der Waals surface area contributed by atoms with Crippen LogP contribution >= 0.6 is 0 Å². The SMILES string of the molecule is NC(=O)/N=c1\[nH]c2cc(/C=C3\c4ccc(F)cc4COc4cc(F)ccc43)ccc2n1[C@H]1C[C@@H]2COCCN2C1. The summed E-state index contributed by atoms with van der Waals surface area (Å²) in [6.45, 7) is 3.25. The Morgan fingerprint density at radius 2 is 1.88 bits per heavy atom. The summed E-state index contributed by atoms with van der Waals surface area (Å²) in [6, 6.07) is 14.6. The van der Waals surface area contributed by atoms with Gasteiger partial charge < -0.3 is 24.8 Å². The number of carbonyl (C=O) groups is 1. The van der Waals surface area contributed by atoms with E-state index >= 15 is 0 Å². The first-order valence-electron chi connectivity index (χ1n) is 13.3. The number of hydrogen-bond donors (Lipinski definition) is 2. The van der Waals surface area contributed by atoms with Crippen LogP contribution in [0.3, 0.4) is 0 Å². The summed E-state index contributed by atoms with van der Waals surface area (Å²) in [5.74, 6) is -0.379. The number of urea groups is 1. The van der Waals surface area contributed by atoms with Gasteiger partial charge in [-0.25, -0.2) is 13.6 Å². The van der Waals surface area contributed by atoms with Crippen LogP contribution in [0.15, 0.2) is 59.6 Å². The van der Waals surface area contributed by atoms with Gasteiger partial charge in [-0.2, -0.15) is 4.99 Å². The summed E-state index contributed by atoms with van der Waals surface area (Å²) in [5.41, 5.74) is 11.4. The predicted octanol–water partition coefficient (Wildman–Crippen LogP) is 4.35. The number of aromatic nitrogens is 2. The molecule has 3 aliphatic heterocycles. The summed E-state index contributed by atoms with van der Waals surface area (Å²) in [7, 11) is 0. The summed E-state index contributed by atoms with van der Waals surface area (Å²) in [6.07, 6.45) is 2.86. The normalized spacial score (nSPS) is 22.1. The minimum Gasteiger partial charge on any atom is -0.488 e. The number of nitrogens with zero attached hydrogens (tertiary/aromatic N) is 3. The van der Waals surface area contributed by atoms with Crippen LogP contribution < -0.4 is 16.1 Å². The predicted molar refractivity (Wildman–Crippen MR) is 145 cm³/mol. The van der Waals surface area contributed by atoms with Crippen molar-refractivity contribution >= 4 is 28.7 Å². The monoisotopic (exact) mass is 543 g/mol. The van der Waals surface area contributed by atoms with Gasteiger partial charge in [0, 0.05) is 36.3 Å². The summed E-state index contributed by atoms with van der Waals surface area (Å²) in [4.78, 5) is 21.6. The molecular weight excluding hydrogens is 516 g/mol. The molecule has 4 heterocycles. The topological polar surface area (TPSA) is 97.9 Å². The Hall–Kier alpha value is -4.28. The van der Waals surface area contributed by atoms with Crippen LogP contribution in [0.5, 0.6) is 5.75 Å². The lowest BCUT2D eigenvalue weighted by Gasteiger charge is -2.28. The molecule has 1 aromatic heterocycles. The fraction of sp³-hybridized carbons (Fsp3) is 0.267. The first-order valence-corrected chi connectivity index (χ1v) is 13.3. The van der Waals surface area contributed by atoms with Crippen molar-refractivity contribution in [2.75, 3.05) is 26.3 Å². The maximum absolute atomic E-state index is 14.1. The lowest BCUT2D eigenvalue weighted by atomic mass is 9.92. The number of nitrogens with two attached hydrogens (primary N) is 1. The highest BCUT2D eigenvalue weighted by atomic mass is 19.1. The number of ether oxygens (including phenoxy) is 2. The molecule has 7 rings (SSSR count). The second-order valence-electron chi connectivity index (χ2n) is 10.4. The Morgan fingerprint density at radius 1 is 1.05 bits per heavy atom. The molecule has 2 atom stereocenters. The quantitative estimate of drug-likeness (QED) is 0.393. The van der Waals surface area contributed by atoms with Crippen LogP contribution in [0.25, 0.3) is 22.7 Å². The highest BCUT2D eigenvalue weighted by Gasteiger charge is 2.36. The van der Waals surface area contributed by atoms with Crippen molar-refractivity contribution in [1.82, 2.24) is 14.5 Å². The number of halogens is 2. The van der Waals surface area contributed by atoms with Crippen LogP contribution in [-0.4, -0.2) is 52.8 Å². The molecule has 40 heavy (non-hydrogen) atoms. The molecule has 0 unspecified atom stereocenters. The Morgan fingerprint density at radius 3 is 2.70 bits per heavy atom. The van der Waals surface area contributed by atoms with Crippen molar-refractivity contribution < 1.29 is 23.0 Å². The molecule has 0 bridgehead atoms. The molecule has 8 nitrogen and oxygen atoms in total. The smallest absolute Gasteiger partial charge is 0.341 e. The molecule has 3 aromatic carbocycles. The van der Waals surface area contributed by atoms with Crippen molar-refractivity contribution in [3.05, 3.63) is 94.1 Å². The van der Waals surface area contributed by atoms with Gasteiger partial charge in [0.05, 0.1) is 30.3 Å². The van der Waals surface area contributed by atoms with Crippen LogP contribution in [0.1, 0.15) is 34.7 Å². The molecule has 0 saturated carbocycles. The number of fused-ring (bicyclic) bond motifs is 4. The molecule has 204 valence electrons. The Bertz CT molecular complexity index is 1690. The maximum Gasteiger partial charge on any atom is 0.341 e. The highest BCUT2D eigenvalue weighted by Crippen LogP contribution is 2.39. The third-order valence-electron chi connectivity index (χ3n) is 7.96. The zero-order chi connectivity index (χ0) is 27.4. The van der Waals surface area contributed by atoms with Gasteiger partial charge in [0.25, 0.3) is 0 Å². The highest BCUT2D eigenvalue weighted by molar-refractivity contribution is 5.96. The number of nitrogens with one attached hydrogen (secondary N) is 1. The molecule has 2 fully saturated rings. The molecular formula is C30H27F2N5O3. The number of rotatable bonds is 2. The van der Waals surface area contributed by atoms with Crippen molar-refractivity contribution in [2.24, 2.45) is 10.7 Å². The molecule has 0 aliphatic carbocycles. The summed E-state index contributed by atoms with van der Waals surface area (Å²) < 4.78 is 41.8. The lowest BCUT2D eigenvalue weighted by molar-refractivity contribution is 0.0128. The van der Waals surface area contributed by atoms with Crippen LogP contribution in [0.4, 0.5) is 13.6 Å². The van der Waals surface area contributed by atoms with Gasteiger partial charge in [0.2, 0.25) is 5.62 Å². The summed E-state index contributed by atoms with van der Waals surface area (Å²) in [5, 5.41) is 0. The van der Waals surface area contributed by atoms with E-state index in [4.69, 9.17) is 15.2 Å². The van der Waals surface area contributed by atoms with E-state index in [0.29, 0.717) is 35.1 Å². The van der Waals surface area contributed by atoms with Crippen LogP contribution in [0.2, 0.25) is 0 Å². The fourth-order valence-electron chi connectivity index (χ4n) is 6.20. The van der Waals surface area contributed by atoms with Gasteiger partial charge in [-0.1, -0.05) is 12.1 Å². The third kappa shape index (κ3) is 4.39. The van der Waals surface area contributed by atoms with Gasteiger partial charge in [-0.3, -0.25) is 4.90 Å². The van der Waals surface area contributed by atoms with Gasteiger partial charge in [-0.15, -0.1) is 0 Å². The summed E-state index contributed by atoms with van der Waals surface area (Å²) >= 11 is 0. The number of primary amides is 1. The van der Waals surface area contributed by atoms with Crippen molar-refractivity contribution in [3.63, 3.8) is 0 Å². The van der Waals surface area contributed by atoms with Crippen LogP contribution in [-0.2, 0) is 11.3 Å². The maximum atomic E-state index is 14.1. The van der Waals surface area contributed by atoms with E-state index in [9.17, 15) is 13.6 Å². The van der Waals surface area contributed by atoms with Crippen molar-refractivity contribution in [1.29, 1.82) is 0 Å². The second kappa shape index (κ2) is 9.72. The average Bonchev–Trinajstić information content (AvgIpc) is 3.47. The second-order valence-corrected chi connectivity index (χ2v) is 10.4.